The van der Waals surface area contributed by atoms with E-state index in [2.05, 4.69) is 26.8 Å². The maximum Gasteiger partial charge on any atom is 0.231 e. The number of nitrogens with zero attached hydrogens (tertiary/aromatic N) is 4. The second kappa shape index (κ2) is 6.89. The van der Waals surface area contributed by atoms with Gasteiger partial charge in [-0.3, -0.25) is 9.88 Å². The lowest BCUT2D eigenvalue weighted by molar-refractivity contribution is 0.171. The van der Waals surface area contributed by atoms with Gasteiger partial charge in [-0.1, -0.05) is 0 Å². The van der Waals surface area contributed by atoms with Crippen molar-refractivity contribution >= 4 is 5.95 Å². The van der Waals surface area contributed by atoms with Crippen LogP contribution in [0.1, 0.15) is 29.8 Å². The van der Waals surface area contributed by atoms with Gasteiger partial charge in [-0.15, -0.1) is 0 Å². The predicted octanol–water partition coefficient (Wildman–Crippen LogP) is 2.93. The van der Waals surface area contributed by atoms with E-state index in [0.29, 0.717) is 23.8 Å². The molecule has 0 fully saturated rings. The molecule has 0 amide bonds. The van der Waals surface area contributed by atoms with Crippen molar-refractivity contribution in [2.75, 3.05) is 19.6 Å². The van der Waals surface area contributed by atoms with Crippen molar-refractivity contribution in [3.8, 4) is 28.5 Å². The zero-order chi connectivity index (χ0) is 20.0. The van der Waals surface area contributed by atoms with Gasteiger partial charge in [0.05, 0.1) is 24.5 Å². The number of ether oxygens (including phenoxy) is 3. The molecule has 2 N–H and O–H groups in total. The summed E-state index contributed by atoms with van der Waals surface area (Å²) in [5.74, 6) is 2.34. The highest BCUT2D eigenvalue weighted by atomic mass is 16.7. The van der Waals surface area contributed by atoms with E-state index in [1.165, 1.54) is 0 Å². The average molecular weight is 391 g/mol. The zero-order valence-corrected chi connectivity index (χ0v) is 16.3. The molecular formula is C21H21N5O3. The number of nitrogen functional groups attached to an aromatic ring is 1. The molecule has 1 aromatic carbocycles. The first-order chi connectivity index (χ1) is 14.1. The highest BCUT2D eigenvalue weighted by molar-refractivity contribution is 5.65. The SMILES string of the molecule is COc1cc(CN2Cc3c(-c4ccncc4)nc(N)nc3[C@@H]2C)cc2c1OCO2. The maximum absolute atomic E-state index is 6.03. The lowest BCUT2D eigenvalue weighted by Gasteiger charge is -2.21. The van der Waals surface area contributed by atoms with Crippen molar-refractivity contribution in [3.63, 3.8) is 0 Å². The first-order valence-electron chi connectivity index (χ1n) is 9.41. The van der Waals surface area contributed by atoms with Crippen LogP contribution in [0.4, 0.5) is 5.95 Å². The first-order valence-corrected chi connectivity index (χ1v) is 9.41. The molecule has 2 aromatic heterocycles. The van der Waals surface area contributed by atoms with E-state index >= 15 is 0 Å². The number of benzene rings is 1. The topological polar surface area (TPSA) is 95.6 Å². The van der Waals surface area contributed by atoms with Crippen molar-refractivity contribution in [1.29, 1.82) is 0 Å². The third kappa shape index (κ3) is 3.01. The number of aromatic nitrogens is 3. The van der Waals surface area contributed by atoms with Crippen molar-refractivity contribution < 1.29 is 14.2 Å². The van der Waals surface area contributed by atoms with Gasteiger partial charge in [0.15, 0.2) is 11.5 Å². The van der Waals surface area contributed by atoms with Crippen molar-refractivity contribution in [1.82, 2.24) is 19.9 Å². The van der Waals surface area contributed by atoms with Gasteiger partial charge in [-0.2, -0.15) is 0 Å². The van der Waals surface area contributed by atoms with Gasteiger partial charge in [0.1, 0.15) is 0 Å². The van der Waals surface area contributed by atoms with Crippen LogP contribution in [-0.4, -0.2) is 33.8 Å². The minimum atomic E-state index is 0.104. The Bertz CT molecular complexity index is 1070. The molecule has 8 heteroatoms. The maximum atomic E-state index is 6.03. The Hall–Kier alpha value is -3.39. The van der Waals surface area contributed by atoms with Crippen molar-refractivity contribution in [2.45, 2.75) is 26.1 Å². The molecule has 0 saturated heterocycles. The molecule has 8 nitrogen and oxygen atoms in total. The predicted molar refractivity (Wildman–Crippen MR) is 106 cm³/mol. The molecule has 2 aliphatic heterocycles. The molecule has 3 aromatic rings. The summed E-state index contributed by atoms with van der Waals surface area (Å²) in [6, 6.07) is 7.99. The number of nitrogens with two attached hydrogens (primary N) is 1. The Morgan fingerprint density at radius 1 is 1.21 bits per heavy atom. The Morgan fingerprint density at radius 3 is 2.83 bits per heavy atom. The zero-order valence-electron chi connectivity index (χ0n) is 16.3. The van der Waals surface area contributed by atoms with Gasteiger partial charge in [0.2, 0.25) is 18.5 Å². The van der Waals surface area contributed by atoms with Gasteiger partial charge < -0.3 is 19.9 Å². The molecule has 0 saturated carbocycles. The summed E-state index contributed by atoms with van der Waals surface area (Å²) in [5.41, 5.74) is 11.0. The van der Waals surface area contributed by atoms with Crippen LogP contribution in [0.3, 0.4) is 0 Å². The molecule has 0 spiro atoms. The number of rotatable bonds is 4. The van der Waals surface area contributed by atoms with Gasteiger partial charge in [0, 0.05) is 36.6 Å². The van der Waals surface area contributed by atoms with E-state index in [0.717, 1.165) is 34.6 Å². The van der Waals surface area contributed by atoms with Crippen LogP contribution >= 0.6 is 0 Å². The lowest BCUT2D eigenvalue weighted by Crippen LogP contribution is -2.20. The van der Waals surface area contributed by atoms with Crippen molar-refractivity contribution in [3.05, 3.63) is 53.5 Å². The standard InChI is InChI=1S/C21H21N5O3/c1-12-18-15(19(25-21(22)24-18)14-3-5-23-6-4-14)10-26(12)9-13-7-16(27-2)20-17(8-13)28-11-29-20/h3-8,12H,9-11H2,1-2H3,(H2,22,24,25)/t12-/m0/s1. The Labute approximate surface area is 168 Å². The minimum absolute atomic E-state index is 0.104. The number of hydrogen-bond acceptors (Lipinski definition) is 8. The molecule has 4 heterocycles. The van der Waals surface area contributed by atoms with Crippen LogP contribution < -0.4 is 19.9 Å². The Balaban J connectivity index is 1.48. The van der Waals surface area contributed by atoms with E-state index in [9.17, 15) is 0 Å². The summed E-state index contributed by atoms with van der Waals surface area (Å²) in [4.78, 5) is 15.5. The molecule has 1 atom stereocenters. The Kier molecular flexibility index (Phi) is 4.21. The van der Waals surface area contributed by atoms with E-state index in [1.54, 1.807) is 19.5 Å². The minimum Gasteiger partial charge on any atom is -0.493 e. The third-order valence-electron chi connectivity index (χ3n) is 5.42. The lowest BCUT2D eigenvalue weighted by atomic mass is 10.1. The van der Waals surface area contributed by atoms with Crippen LogP contribution in [0.15, 0.2) is 36.7 Å². The molecular weight excluding hydrogens is 370 g/mol. The monoisotopic (exact) mass is 391 g/mol. The molecule has 0 unspecified atom stereocenters. The summed E-state index contributed by atoms with van der Waals surface area (Å²) in [6.45, 7) is 3.79. The van der Waals surface area contributed by atoms with Gasteiger partial charge >= 0.3 is 0 Å². The highest BCUT2D eigenvalue weighted by Crippen LogP contribution is 2.43. The fraction of sp³-hybridized carbons (Fsp3) is 0.286. The summed E-state index contributed by atoms with van der Waals surface area (Å²) in [6.07, 6.45) is 3.52. The summed E-state index contributed by atoms with van der Waals surface area (Å²) in [7, 11) is 1.63. The Morgan fingerprint density at radius 2 is 2.03 bits per heavy atom. The van der Waals surface area contributed by atoms with Crippen LogP contribution in [0.25, 0.3) is 11.3 Å². The van der Waals surface area contributed by atoms with Gasteiger partial charge in [0.25, 0.3) is 0 Å². The largest absolute Gasteiger partial charge is 0.493 e. The molecule has 0 radical (unpaired) electrons. The summed E-state index contributed by atoms with van der Waals surface area (Å²) < 4.78 is 16.5. The van der Waals surface area contributed by atoms with E-state index in [-0.39, 0.29) is 18.8 Å². The summed E-state index contributed by atoms with van der Waals surface area (Å²) in [5, 5.41) is 0. The second-order valence-corrected chi connectivity index (χ2v) is 7.14. The number of fused-ring (bicyclic) bond motifs is 2. The summed E-state index contributed by atoms with van der Waals surface area (Å²) >= 11 is 0. The molecule has 5 rings (SSSR count). The van der Waals surface area contributed by atoms with Crippen LogP contribution in [0, 0.1) is 0 Å². The van der Waals surface area contributed by atoms with Gasteiger partial charge in [-0.25, -0.2) is 9.97 Å². The van der Waals surface area contributed by atoms with Crippen LogP contribution in [0.2, 0.25) is 0 Å². The molecule has 29 heavy (non-hydrogen) atoms. The molecule has 148 valence electrons. The second-order valence-electron chi connectivity index (χ2n) is 7.14. The number of hydrogen-bond donors (Lipinski definition) is 1. The first kappa shape index (κ1) is 17.7. The number of methoxy groups -OCH3 is 1. The van der Waals surface area contributed by atoms with Crippen molar-refractivity contribution in [2.24, 2.45) is 0 Å². The number of anilines is 1. The van der Waals surface area contributed by atoms with Gasteiger partial charge in [-0.05, 0) is 36.8 Å². The fourth-order valence-electron chi connectivity index (χ4n) is 3.98. The quantitative estimate of drug-likeness (QED) is 0.725. The molecule has 2 aliphatic rings. The smallest absolute Gasteiger partial charge is 0.231 e. The molecule has 0 bridgehead atoms. The van der Waals surface area contributed by atoms with E-state index < -0.39 is 0 Å². The number of pyridine rings is 1. The van der Waals surface area contributed by atoms with E-state index in [4.69, 9.17) is 19.9 Å². The average Bonchev–Trinajstić information content (AvgIpc) is 3.33. The highest BCUT2D eigenvalue weighted by Gasteiger charge is 2.32. The van der Waals surface area contributed by atoms with Crippen LogP contribution in [-0.2, 0) is 13.1 Å². The van der Waals surface area contributed by atoms with Crippen LogP contribution in [0.5, 0.6) is 17.2 Å². The normalized spacial score (nSPS) is 17.4. The fourth-order valence-corrected chi connectivity index (χ4v) is 3.98. The third-order valence-corrected chi connectivity index (χ3v) is 5.42. The molecule has 0 aliphatic carbocycles. The van der Waals surface area contributed by atoms with E-state index in [1.807, 2.05) is 24.3 Å².